The second kappa shape index (κ2) is 10.4. The SMILES string of the molecule is CCOc1ccc(C(=O)[C@H](C)OC(=O)CNC(=O)Cc2cccc3ccccc23)cc1. The number of nitrogens with one attached hydrogen (secondary N) is 1. The lowest BCUT2D eigenvalue weighted by Crippen LogP contribution is -2.34. The predicted molar refractivity (Wildman–Crippen MR) is 118 cm³/mol. The van der Waals surface area contributed by atoms with Gasteiger partial charge in [-0.15, -0.1) is 0 Å². The lowest BCUT2D eigenvalue weighted by molar-refractivity contribution is -0.146. The second-order valence-corrected chi connectivity index (χ2v) is 7.05. The van der Waals surface area contributed by atoms with Crippen molar-refractivity contribution in [1.82, 2.24) is 5.32 Å². The third-order valence-electron chi connectivity index (χ3n) is 4.79. The van der Waals surface area contributed by atoms with Crippen molar-refractivity contribution in [3.8, 4) is 5.75 Å². The van der Waals surface area contributed by atoms with Crippen LogP contribution in [0.1, 0.15) is 29.8 Å². The maximum atomic E-state index is 12.4. The first-order valence-corrected chi connectivity index (χ1v) is 10.2. The molecule has 1 atom stereocenters. The van der Waals surface area contributed by atoms with E-state index >= 15 is 0 Å². The number of carbonyl (C=O) groups excluding carboxylic acids is 3. The number of rotatable bonds is 9. The van der Waals surface area contributed by atoms with Gasteiger partial charge in [0.15, 0.2) is 6.10 Å². The van der Waals surface area contributed by atoms with Gasteiger partial charge in [-0.1, -0.05) is 42.5 Å². The zero-order chi connectivity index (χ0) is 22.2. The average molecular weight is 419 g/mol. The van der Waals surface area contributed by atoms with E-state index in [1.165, 1.54) is 6.92 Å². The van der Waals surface area contributed by atoms with Crippen molar-refractivity contribution in [1.29, 1.82) is 0 Å². The van der Waals surface area contributed by atoms with Crippen LogP contribution in [0.15, 0.2) is 66.7 Å². The molecule has 31 heavy (non-hydrogen) atoms. The summed E-state index contributed by atoms with van der Waals surface area (Å²) in [5.41, 5.74) is 1.30. The van der Waals surface area contributed by atoms with Gasteiger partial charge in [0.2, 0.25) is 11.7 Å². The van der Waals surface area contributed by atoms with Crippen LogP contribution < -0.4 is 10.1 Å². The fourth-order valence-corrected chi connectivity index (χ4v) is 3.26. The van der Waals surface area contributed by atoms with Gasteiger partial charge in [0.1, 0.15) is 12.3 Å². The van der Waals surface area contributed by atoms with Crippen LogP contribution in [0, 0.1) is 0 Å². The molecule has 0 aromatic heterocycles. The number of carbonyl (C=O) groups is 3. The minimum atomic E-state index is -0.958. The Bertz CT molecular complexity index is 1070. The molecule has 0 aliphatic rings. The zero-order valence-electron chi connectivity index (χ0n) is 17.6. The van der Waals surface area contributed by atoms with E-state index in [1.54, 1.807) is 24.3 Å². The summed E-state index contributed by atoms with van der Waals surface area (Å²) in [6.45, 7) is 3.62. The maximum Gasteiger partial charge on any atom is 0.326 e. The Morgan fingerprint density at radius 1 is 0.935 bits per heavy atom. The average Bonchev–Trinajstić information content (AvgIpc) is 2.78. The highest BCUT2D eigenvalue weighted by Crippen LogP contribution is 2.19. The van der Waals surface area contributed by atoms with E-state index in [-0.39, 0.29) is 24.7 Å². The standard InChI is InChI=1S/C25H25NO5/c1-3-30-21-13-11-19(12-14-21)25(29)17(2)31-24(28)16-26-23(27)15-20-9-6-8-18-7-4-5-10-22(18)20/h4-14,17H,3,15-16H2,1-2H3,(H,26,27)/t17-/m0/s1. The summed E-state index contributed by atoms with van der Waals surface area (Å²) >= 11 is 0. The van der Waals surface area contributed by atoms with Crippen molar-refractivity contribution < 1.29 is 23.9 Å². The molecule has 1 N–H and O–H groups in total. The van der Waals surface area contributed by atoms with E-state index in [0.717, 1.165) is 16.3 Å². The highest BCUT2D eigenvalue weighted by atomic mass is 16.5. The van der Waals surface area contributed by atoms with Crippen LogP contribution in [-0.4, -0.2) is 36.9 Å². The first kappa shape index (κ1) is 22.0. The Morgan fingerprint density at radius 2 is 1.65 bits per heavy atom. The van der Waals surface area contributed by atoms with Crippen LogP contribution in [-0.2, 0) is 20.7 Å². The molecule has 0 saturated heterocycles. The highest BCUT2D eigenvalue weighted by Gasteiger charge is 2.20. The molecule has 0 spiro atoms. The van der Waals surface area contributed by atoms with Gasteiger partial charge >= 0.3 is 5.97 Å². The number of benzene rings is 3. The minimum absolute atomic E-state index is 0.148. The van der Waals surface area contributed by atoms with Crippen molar-refractivity contribution in [2.24, 2.45) is 0 Å². The predicted octanol–water partition coefficient (Wildman–Crippen LogP) is 3.71. The monoisotopic (exact) mass is 419 g/mol. The molecule has 1 amide bonds. The lowest BCUT2D eigenvalue weighted by atomic mass is 10.0. The third-order valence-corrected chi connectivity index (χ3v) is 4.79. The largest absolute Gasteiger partial charge is 0.494 e. The number of ketones is 1. The van der Waals surface area contributed by atoms with Crippen molar-refractivity contribution >= 4 is 28.4 Å². The third kappa shape index (κ3) is 5.92. The maximum absolute atomic E-state index is 12.4. The van der Waals surface area contributed by atoms with E-state index in [1.807, 2.05) is 49.4 Å². The highest BCUT2D eigenvalue weighted by molar-refractivity contribution is 6.00. The zero-order valence-corrected chi connectivity index (χ0v) is 17.6. The molecule has 3 aromatic rings. The summed E-state index contributed by atoms with van der Waals surface area (Å²) in [4.78, 5) is 36.8. The van der Waals surface area contributed by atoms with Gasteiger partial charge in [-0.2, -0.15) is 0 Å². The van der Waals surface area contributed by atoms with Crippen LogP contribution in [0.4, 0.5) is 0 Å². The molecule has 0 saturated carbocycles. The summed E-state index contributed by atoms with van der Waals surface area (Å²) in [5.74, 6) is -0.618. The van der Waals surface area contributed by atoms with E-state index in [9.17, 15) is 14.4 Å². The Kier molecular flexibility index (Phi) is 7.38. The number of Topliss-reactive ketones (excluding diaryl/α,β-unsaturated/α-hetero) is 1. The minimum Gasteiger partial charge on any atom is -0.494 e. The van der Waals surface area contributed by atoms with Gasteiger partial charge in [-0.05, 0) is 54.4 Å². The first-order chi connectivity index (χ1) is 15.0. The van der Waals surface area contributed by atoms with Crippen LogP contribution >= 0.6 is 0 Å². The van der Waals surface area contributed by atoms with Crippen LogP contribution in [0.2, 0.25) is 0 Å². The molecule has 0 aliphatic carbocycles. The number of hydrogen-bond donors (Lipinski definition) is 1. The molecule has 0 radical (unpaired) electrons. The Morgan fingerprint density at radius 3 is 2.39 bits per heavy atom. The van der Waals surface area contributed by atoms with Gasteiger partial charge in [-0.25, -0.2) is 0 Å². The van der Waals surface area contributed by atoms with Crippen LogP contribution in [0.3, 0.4) is 0 Å². The van der Waals surface area contributed by atoms with Crippen LogP contribution in [0.25, 0.3) is 10.8 Å². The van der Waals surface area contributed by atoms with Crippen molar-refractivity contribution in [2.45, 2.75) is 26.4 Å². The molecule has 6 heteroatoms. The summed E-state index contributed by atoms with van der Waals surface area (Å²) in [5, 5.41) is 4.61. The molecular formula is C25H25NO5. The molecule has 3 rings (SSSR count). The number of fused-ring (bicyclic) bond motifs is 1. The lowest BCUT2D eigenvalue weighted by Gasteiger charge is -2.13. The van der Waals surface area contributed by atoms with E-state index in [0.29, 0.717) is 17.9 Å². The van der Waals surface area contributed by atoms with E-state index in [2.05, 4.69) is 5.32 Å². The van der Waals surface area contributed by atoms with Gasteiger partial charge in [0.05, 0.1) is 13.0 Å². The van der Waals surface area contributed by atoms with Gasteiger partial charge < -0.3 is 14.8 Å². The van der Waals surface area contributed by atoms with Gasteiger partial charge in [0.25, 0.3) is 0 Å². The topological polar surface area (TPSA) is 81.7 Å². The fraction of sp³-hybridized carbons (Fsp3) is 0.240. The molecule has 6 nitrogen and oxygen atoms in total. The molecule has 160 valence electrons. The Balaban J connectivity index is 1.49. The summed E-state index contributed by atoms with van der Waals surface area (Å²) < 4.78 is 10.5. The van der Waals surface area contributed by atoms with Gasteiger partial charge in [0, 0.05) is 5.56 Å². The van der Waals surface area contributed by atoms with Crippen molar-refractivity contribution in [3.05, 3.63) is 77.9 Å². The van der Waals surface area contributed by atoms with Crippen molar-refractivity contribution in [3.63, 3.8) is 0 Å². The summed E-state index contributed by atoms with van der Waals surface area (Å²) in [6, 6.07) is 20.2. The van der Waals surface area contributed by atoms with Crippen LogP contribution in [0.5, 0.6) is 5.75 Å². The fourth-order valence-electron chi connectivity index (χ4n) is 3.26. The molecule has 3 aromatic carbocycles. The number of hydrogen-bond acceptors (Lipinski definition) is 5. The van der Waals surface area contributed by atoms with E-state index < -0.39 is 12.1 Å². The summed E-state index contributed by atoms with van der Waals surface area (Å²) in [7, 11) is 0. The van der Waals surface area contributed by atoms with Gasteiger partial charge in [-0.3, -0.25) is 14.4 Å². The Labute approximate surface area is 181 Å². The number of ether oxygens (including phenoxy) is 2. The number of esters is 1. The second-order valence-electron chi connectivity index (χ2n) is 7.05. The van der Waals surface area contributed by atoms with E-state index in [4.69, 9.17) is 9.47 Å². The first-order valence-electron chi connectivity index (χ1n) is 10.2. The van der Waals surface area contributed by atoms with Crippen molar-refractivity contribution in [2.75, 3.05) is 13.2 Å². The molecule has 0 bridgehead atoms. The smallest absolute Gasteiger partial charge is 0.326 e. The molecule has 0 heterocycles. The molecule has 0 unspecified atom stereocenters. The molecule has 0 fully saturated rings. The molecule has 0 aliphatic heterocycles. The summed E-state index contributed by atoms with van der Waals surface area (Å²) in [6.07, 6.45) is -0.810. The Hall–Kier alpha value is -3.67. The quantitative estimate of drug-likeness (QED) is 0.422. The number of amides is 1. The molecular weight excluding hydrogens is 394 g/mol. The normalized spacial score (nSPS) is 11.5.